The van der Waals surface area contributed by atoms with Crippen molar-refractivity contribution >= 4 is 11.4 Å². The van der Waals surface area contributed by atoms with Crippen LogP contribution < -0.4 is 11.1 Å². The van der Waals surface area contributed by atoms with Gasteiger partial charge in [0.15, 0.2) is 0 Å². The van der Waals surface area contributed by atoms with Crippen molar-refractivity contribution in [3.8, 4) is 0 Å². The van der Waals surface area contributed by atoms with Gasteiger partial charge in [-0.1, -0.05) is 19.9 Å². The summed E-state index contributed by atoms with van der Waals surface area (Å²) >= 11 is 0. The first-order chi connectivity index (χ1) is 13.1. The molecule has 0 atom stereocenters. The summed E-state index contributed by atoms with van der Waals surface area (Å²) in [4.78, 5) is 2.79. The summed E-state index contributed by atoms with van der Waals surface area (Å²) in [7, 11) is 0. The van der Waals surface area contributed by atoms with E-state index in [1.165, 1.54) is 63.6 Å². The second-order valence-corrected chi connectivity index (χ2v) is 8.64. The molecule has 0 spiro atoms. The Morgan fingerprint density at radius 1 is 1.15 bits per heavy atom. The lowest BCUT2D eigenvalue weighted by Gasteiger charge is -2.50. The third-order valence-electron chi connectivity index (χ3n) is 6.81. The van der Waals surface area contributed by atoms with Crippen LogP contribution in [0.25, 0.3) is 0 Å². The zero-order valence-electron chi connectivity index (χ0n) is 17.6. The van der Waals surface area contributed by atoms with Crippen LogP contribution in [-0.2, 0) is 4.74 Å². The summed E-state index contributed by atoms with van der Waals surface area (Å²) in [6, 6.07) is 6.79. The maximum absolute atomic E-state index is 6.16. The average molecular weight is 374 g/mol. The molecule has 0 unspecified atom stereocenters. The molecule has 3 N–H and O–H groups in total. The Labute approximate surface area is 165 Å². The van der Waals surface area contributed by atoms with Crippen LogP contribution in [0, 0.1) is 6.92 Å². The molecule has 0 aromatic heterocycles. The molecule has 152 valence electrons. The lowest BCUT2D eigenvalue weighted by Crippen LogP contribution is -2.55. The minimum Gasteiger partial charge on any atom is -0.397 e. The predicted octanol–water partition coefficient (Wildman–Crippen LogP) is 4.97. The fourth-order valence-corrected chi connectivity index (χ4v) is 4.99. The van der Waals surface area contributed by atoms with E-state index in [-0.39, 0.29) is 0 Å². The van der Waals surface area contributed by atoms with Crippen LogP contribution in [0.5, 0.6) is 0 Å². The number of ether oxygens (including phenoxy) is 1. The maximum atomic E-state index is 6.16. The summed E-state index contributed by atoms with van der Waals surface area (Å²) < 4.78 is 6.02. The molecule has 0 bridgehead atoms. The molecule has 0 radical (unpaired) electrons. The van der Waals surface area contributed by atoms with Crippen LogP contribution in [0.1, 0.15) is 70.8 Å². The van der Waals surface area contributed by atoms with Crippen LogP contribution in [0.3, 0.4) is 0 Å². The molecule has 1 saturated heterocycles. The molecule has 1 aromatic rings. The van der Waals surface area contributed by atoms with Gasteiger partial charge >= 0.3 is 0 Å². The summed E-state index contributed by atoms with van der Waals surface area (Å²) in [5, 5.41) is 3.70. The summed E-state index contributed by atoms with van der Waals surface area (Å²) in [5.41, 5.74) is 9.78. The number of nitrogens with one attached hydrogen (secondary N) is 1. The van der Waals surface area contributed by atoms with Crippen LogP contribution in [0.4, 0.5) is 11.4 Å². The van der Waals surface area contributed by atoms with E-state index in [1.54, 1.807) is 0 Å². The molecule has 1 heterocycles. The van der Waals surface area contributed by atoms with Gasteiger partial charge in [-0.15, -0.1) is 0 Å². The number of anilines is 2. The van der Waals surface area contributed by atoms with Gasteiger partial charge in [0.1, 0.15) is 0 Å². The van der Waals surface area contributed by atoms with Crippen molar-refractivity contribution in [1.82, 2.24) is 4.90 Å². The number of nitrogens with zero attached hydrogens (tertiary/aromatic N) is 1. The highest BCUT2D eigenvalue weighted by molar-refractivity contribution is 5.67. The van der Waals surface area contributed by atoms with Gasteiger partial charge in [-0.05, 0) is 76.0 Å². The van der Waals surface area contributed by atoms with Crippen LogP contribution >= 0.6 is 0 Å². The van der Waals surface area contributed by atoms with Crippen LogP contribution in [0.15, 0.2) is 18.2 Å². The highest BCUT2D eigenvalue weighted by Gasteiger charge is 2.40. The van der Waals surface area contributed by atoms with Gasteiger partial charge in [-0.2, -0.15) is 0 Å². The quantitative estimate of drug-likeness (QED) is 0.663. The molecule has 2 aliphatic rings. The topological polar surface area (TPSA) is 50.5 Å². The fraction of sp³-hybridized carbons (Fsp3) is 0.739. The van der Waals surface area contributed by atoms with E-state index in [0.29, 0.717) is 17.7 Å². The Bertz CT molecular complexity index is 587. The number of rotatable bonds is 7. The lowest BCUT2D eigenvalue weighted by molar-refractivity contribution is -0.0366. The Balaban J connectivity index is 1.52. The number of hydrogen-bond donors (Lipinski definition) is 2. The van der Waals surface area contributed by atoms with E-state index in [0.717, 1.165) is 24.4 Å². The zero-order valence-corrected chi connectivity index (χ0v) is 17.6. The Morgan fingerprint density at radius 3 is 2.48 bits per heavy atom. The highest BCUT2D eigenvalue weighted by atomic mass is 16.5. The number of likely N-dealkylation sites (tertiary alicyclic amines) is 1. The molecule has 0 amide bonds. The number of nitrogens with two attached hydrogens (primary N) is 1. The number of piperidine rings is 1. The largest absolute Gasteiger partial charge is 0.397 e. The smallest absolute Gasteiger partial charge is 0.0578 e. The van der Waals surface area contributed by atoms with Gasteiger partial charge in [0.05, 0.1) is 17.5 Å². The molecule has 4 nitrogen and oxygen atoms in total. The molecule has 1 aliphatic heterocycles. The molecule has 3 rings (SSSR count). The van der Waals surface area contributed by atoms with Crippen molar-refractivity contribution in [2.45, 2.75) is 89.8 Å². The molecular formula is C23H39N3O. The van der Waals surface area contributed by atoms with Crippen LogP contribution in [0.2, 0.25) is 0 Å². The Hall–Kier alpha value is -1.26. The Morgan fingerprint density at radius 2 is 1.85 bits per heavy atom. The molecule has 27 heavy (non-hydrogen) atoms. The SMILES string of the molecule is CCCOC1CCC(CC)(N2CCC(Nc3cc(C)ccc3N)CC2)CC1. The summed E-state index contributed by atoms with van der Waals surface area (Å²) in [6.45, 7) is 10.0. The van der Waals surface area contributed by atoms with Gasteiger partial charge in [0.2, 0.25) is 0 Å². The van der Waals surface area contributed by atoms with Crippen molar-refractivity contribution in [3.05, 3.63) is 23.8 Å². The zero-order chi connectivity index (χ0) is 19.3. The van der Waals surface area contributed by atoms with Crippen molar-refractivity contribution in [1.29, 1.82) is 0 Å². The van der Waals surface area contributed by atoms with Gasteiger partial charge in [0.25, 0.3) is 0 Å². The van der Waals surface area contributed by atoms with Gasteiger partial charge in [-0.25, -0.2) is 0 Å². The monoisotopic (exact) mass is 373 g/mol. The molecular weight excluding hydrogens is 334 g/mol. The van der Waals surface area contributed by atoms with Gasteiger partial charge in [0, 0.05) is 31.3 Å². The first-order valence-electron chi connectivity index (χ1n) is 11.1. The van der Waals surface area contributed by atoms with E-state index in [4.69, 9.17) is 10.5 Å². The normalized spacial score (nSPS) is 27.6. The molecule has 1 saturated carbocycles. The van der Waals surface area contributed by atoms with Crippen molar-refractivity contribution in [3.63, 3.8) is 0 Å². The maximum Gasteiger partial charge on any atom is 0.0578 e. The minimum atomic E-state index is 0.402. The lowest BCUT2D eigenvalue weighted by atomic mass is 9.76. The molecule has 1 aromatic carbocycles. The first-order valence-corrected chi connectivity index (χ1v) is 11.1. The van der Waals surface area contributed by atoms with E-state index in [1.807, 2.05) is 6.07 Å². The minimum absolute atomic E-state index is 0.402. The molecule has 1 aliphatic carbocycles. The third kappa shape index (κ3) is 4.97. The van der Waals surface area contributed by atoms with E-state index >= 15 is 0 Å². The highest BCUT2D eigenvalue weighted by Crippen LogP contribution is 2.39. The van der Waals surface area contributed by atoms with Crippen molar-refractivity contribution in [2.24, 2.45) is 0 Å². The number of nitrogen functional groups attached to an aromatic ring is 1. The fourth-order valence-electron chi connectivity index (χ4n) is 4.99. The van der Waals surface area contributed by atoms with E-state index < -0.39 is 0 Å². The van der Waals surface area contributed by atoms with Crippen molar-refractivity contribution in [2.75, 3.05) is 30.7 Å². The van der Waals surface area contributed by atoms with E-state index in [2.05, 4.69) is 43.1 Å². The Kier molecular flexibility index (Phi) is 7.04. The molecule has 4 heteroatoms. The first kappa shape index (κ1) is 20.5. The summed E-state index contributed by atoms with van der Waals surface area (Å²) in [6.07, 6.45) is 10.3. The van der Waals surface area contributed by atoms with Gasteiger partial charge in [-0.3, -0.25) is 4.90 Å². The standard InChI is InChI=1S/C23H39N3O/c1-4-16-27-20-8-12-23(5-2,13-9-20)26-14-10-19(11-15-26)25-22-17-18(3)6-7-21(22)24/h6-7,17,19-20,25H,4-5,8-16,24H2,1-3H3. The summed E-state index contributed by atoms with van der Waals surface area (Å²) in [5.74, 6) is 0. The number of hydrogen-bond acceptors (Lipinski definition) is 4. The van der Waals surface area contributed by atoms with Crippen LogP contribution in [-0.4, -0.2) is 42.3 Å². The predicted molar refractivity (Wildman–Crippen MR) is 115 cm³/mol. The second-order valence-electron chi connectivity index (χ2n) is 8.64. The van der Waals surface area contributed by atoms with E-state index in [9.17, 15) is 0 Å². The number of aryl methyl sites for hydroxylation is 1. The van der Waals surface area contributed by atoms with Crippen molar-refractivity contribution < 1.29 is 4.74 Å². The third-order valence-corrected chi connectivity index (χ3v) is 6.81. The average Bonchev–Trinajstić information content (AvgIpc) is 2.70. The van der Waals surface area contributed by atoms with Gasteiger partial charge < -0.3 is 15.8 Å². The molecule has 2 fully saturated rings. The number of benzene rings is 1. The second kappa shape index (κ2) is 9.29.